The van der Waals surface area contributed by atoms with Crippen molar-refractivity contribution in [3.63, 3.8) is 0 Å². The van der Waals surface area contributed by atoms with Gasteiger partial charge >= 0.3 is 12.2 Å². The van der Waals surface area contributed by atoms with Gasteiger partial charge in [0.1, 0.15) is 5.78 Å². The van der Waals surface area contributed by atoms with Gasteiger partial charge in [0.2, 0.25) is 0 Å². The summed E-state index contributed by atoms with van der Waals surface area (Å²) in [5.74, 6) is -1.40. The molecule has 0 spiro atoms. The summed E-state index contributed by atoms with van der Waals surface area (Å²) in [4.78, 5) is 37.4. The number of nitrogens with zero attached hydrogens (tertiary/aromatic N) is 1. The predicted molar refractivity (Wildman–Crippen MR) is 86.3 cm³/mol. The molecular formula is C17H25NO8. The molecule has 4 fully saturated rings. The Kier molecular flexibility index (Phi) is 5.12. The number of ether oxygens (including phenoxy) is 5. The van der Waals surface area contributed by atoms with E-state index in [1.54, 1.807) is 4.90 Å². The monoisotopic (exact) mass is 371 g/mol. The zero-order valence-corrected chi connectivity index (χ0v) is 15.4. The first kappa shape index (κ1) is 18.9. The van der Waals surface area contributed by atoms with Crippen molar-refractivity contribution in [1.29, 1.82) is 0 Å². The van der Waals surface area contributed by atoms with E-state index in [4.69, 9.17) is 18.9 Å². The topological polar surface area (TPSA) is 101 Å². The fourth-order valence-electron chi connectivity index (χ4n) is 4.90. The van der Waals surface area contributed by atoms with Gasteiger partial charge in [0.15, 0.2) is 5.79 Å². The van der Waals surface area contributed by atoms with Crippen LogP contribution in [-0.4, -0.2) is 74.8 Å². The van der Waals surface area contributed by atoms with Gasteiger partial charge in [0.25, 0.3) is 0 Å². The van der Waals surface area contributed by atoms with E-state index in [0.717, 1.165) is 0 Å². The molecule has 5 atom stereocenters. The van der Waals surface area contributed by atoms with Gasteiger partial charge in [-0.1, -0.05) is 0 Å². The number of rotatable bonds is 5. The zero-order chi connectivity index (χ0) is 19.1. The lowest BCUT2D eigenvalue weighted by atomic mass is 9.58. The maximum atomic E-state index is 12.4. The molecule has 0 aromatic carbocycles. The Morgan fingerprint density at radius 2 is 1.81 bits per heavy atom. The number of hydrogen-bond donors (Lipinski definition) is 0. The average Bonchev–Trinajstić information content (AvgIpc) is 3.24. The number of carbonyl (C=O) groups is 3. The zero-order valence-electron chi connectivity index (χ0n) is 15.4. The molecule has 4 rings (SSSR count). The van der Waals surface area contributed by atoms with Crippen LogP contribution in [0.5, 0.6) is 0 Å². The van der Waals surface area contributed by atoms with Gasteiger partial charge in [-0.3, -0.25) is 4.79 Å². The van der Waals surface area contributed by atoms with Gasteiger partial charge in [0, 0.05) is 30.2 Å². The molecule has 0 aromatic heterocycles. The fourth-order valence-corrected chi connectivity index (χ4v) is 4.90. The largest absolute Gasteiger partial charge is 0.507 e. The summed E-state index contributed by atoms with van der Waals surface area (Å²) in [5.41, 5.74) is 0. The molecule has 1 saturated carbocycles. The quantitative estimate of drug-likeness (QED) is 0.665. The van der Waals surface area contributed by atoms with E-state index in [1.165, 1.54) is 21.1 Å². The average molecular weight is 371 g/mol. The Balaban J connectivity index is 1.84. The van der Waals surface area contributed by atoms with Crippen LogP contribution in [0.15, 0.2) is 0 Å². The van der Waals surface area contributed by atoms with Gasteiger partial charge in [-0.2, -0.15) is 0 Å². The van der Waals surface area contributed by atoms with Crippen molar-refractivity contribution in [3.8, 4) is 0 Å². The van der Waals surface area contributed by atoms with Crippen LogP contribution in [0, 0.1) is 17.8 Å². The Morgan fingerprint density at radius 3 is 2.35 bits per heavy atom. The molecule has 3 saturated heterocycles. The summed E-state index contributed by atoms with van der Waals surface area (Å²) in [6.07, 6.45) is -0.910. The third kappa shape index (κ3) is 2.83. The van der Waals surface area contributed by atoms with Crippen LogP contribution in [0.3, 0.4) is 0 Å². The Bertz CT molecular complexity index is 587. The van der Waals surface area contributed by atoms with Gasteiger partial charge in [-0.15, -0.1) is 0 Å². The molecule has 4 aliphatic rings. The van der Waals surface area contributed by atoms with Crippen LogP contribution in [0.4, 0.5) is 9.59 Å². The summed E-state index contributed by atoms with van der Waals surface area (Å²) >= 11 is 0. The molecule has 0 unspecified atom stereocenters. The van der Waals surface area contributed by atoms with Gasteiger partial charge in [0.05, 0.1) is 40.1 Å². The number of amides is 1. The number of methoxy groups -OCH3 is 2. The molecule has 9 nitrogen and oxygen atoms in total. The summed E-state index contributed by atoms with van der Waals surface area (Å²) in [5, 5.41) is 0. The highest BCUT2D eigenvalue weighted by Crippen LogP contribution is 2.61. The van der Waals surface area contributed by atoms with Crippen LogP contribution in [0.25, 0.3) is 0 Å². The molecule has 26 heavy (non-hydrogen) atoms. The molecule has 2 bridgehead atoms. The molecule has 0 N–H and O–H groups in total. The van der Waals surface area contributed by atoms with E-state index < -0.39 is 18.0 Å². The van der Waals surface area contributed by atoms with Crippen molar-refractivity contribution in [2.24, 2.45) is 17.8 Å². The summed E-state index contributed by atoms with van der Waals surface area (Å²) < 4.78 is 26.0. The lowest BCUT2D eigenvalue weighted by Crippen LogP contribution is -2.61. The second-order valence-corrected chi connectivity index (χ2v) is 6.98. The Labute approximate surface area is 151 Å². The molecule has 1 aliphatic carbocycles. The predicted octanol–water partition coefficient (Wildman–Crippen LogP) is 1.19. The second kappa shape index (κ2) is 7.03. The first-order valence-corrected chi connectivity index (χ1v) is 8.71. The van der Waals surface area contributed by atoms with Crippen molar-refractivity contribution >= 4 is 18.0 Å². The van der Waals surface area contributed by atoms with Crippen LogP contribution < -0.4 is 0 Å². The van der Waals surface area contributed by atoms with Gasteiger partial charge < -0.3 is 28.6 Å². The van der Waals surface area contributed by atoms with Crippen molar-refractivity contribution in [1.82, 2.24) is 4.90 Å². The molecule has 3 heterocycles. The van der Waals surface area contributed by atoms with Crippen LogP contribution in [-0.2, 0) is 28.5 Å². The van der Waals surface area contributed by atoms with E-state index >= 15 is 0 Å². The SMILES string of the molecule is COC(=O)OCC[C@@H]1[C@@H]2[C@H](C(C)=O)[C@@H]([C@@H]2C2(C)OCCO2)N1C(=O)OC. The third-order valence-electron chi connectivity index (χ3n) is 5.81. The van der Waals surface area contributed by atoms with E-state index in [0.29, 0.717) is 19.6 Å². The van der Waals surface area contributed by atoms with E-state index in [2.05, 4.69) is 4.74 Å². The highest BCUT2D eigenvalue weighted by Gasteiger charge is 2.73. The first-order valence-electron chi connectivity index (χ1n) is 8.71. The molecule has 0 aromatic rings. The van der Waals surface area contributed by atoms with E-state index in [1.807, 2.05) is 6.92 Å². The van der Waals surface area contributed by atoms with Crippen molar-refractivity contribution in [2.75, 3.05) is 34.0 Å². The maximum absolute atomic E-state index is 12.4. The normalized spacial score (nSPS) is 34.2. The van der Waals surface area contributed by atoms with Gasteiger partial charge in [-0.05, 0) is 13.8 Å². The fraction of sp³-hybridized carbons (Fsp3) is 0.824. The van der Waals surface area contributed by atoms with Crippen LogP contribution >= 0.6 is 0 Å². The minimum absolute atomic E-state index is 0.0168. The van der Waals surface area contributed by atoms with E-state index in [9.17, 15) is 14.4 Å². The van der Waals surface area contributed by atoms with E-state index in [-0.39, 0.29) is 42.2 Å². The van der Waals surface area contributed by atoms with Gasteiger partial charge in [-0.25, -0.2) is 9.59 Å². The Hall–Kier alpha value is -1.87. The minimum atomic E-state index is -0.842. The first-order chi connectivity index (χ1) is 12.4. The number of fused-ring (bicyclic) bond motifs is 1. The smallest absolute Gasteiger partial charge is 0.453 e. The Morgan fingerprint density at radius 1 is 1.15 bits per heavy atom. The van der Waals surface area contributed by atoms with Crippen molar-refractivity contribution in [3.05, 3.63) is 0 Å². The van der Waals surface area contributed by atoms with Crippen LogP contribution in [0.2, 0.25) is 0 Å². The molecule has 3 aliphatic heterocycles. The number of ketones is 1. The lowest BCUT2D eigenvalue weighted by Gasteiger charge is -2.49. The molecule has 146 valence electrons. The molecule has 1 amide bonds. The summed E-state index contributed by atoms with van der Waals surface area (Å²) in [6.45, 7) is 4.41. The lowest BCUT2D eigenvalue weighted by molar-refractivity contribution is -0.226. The van der Waals surface area contributed by atoms with Crippen molar-refractivity contribution in [2.45, 2.75) is 38.1 Å². The van der Waals surface area contributed by atoms with Crippen molar-refractivity contribution < 1.29 is 38.1 Å². The third-order valence-corrected chi connectivity index (χ3v) is 5.81. The second-order valence-electron chi connectivity index (χ2n) is 6.98. The number of hydrogen-bond acceptors (Lipinski definition) is 8. The summed E-state index contributed by atoms with van der Waals surface area (Å²) in [6, 6.07) is -0.656. The molecule has 9 heteroatoms. The maximum Gasteiger partial charge on any atom is 0.507 e. The summed E-state index contributed by atoms with van der Waals surface area (Å²) in [7, 11) is 2.54. The highest BCUT2D eigenvalue weighted by atomic mass is 16.7. The number of carbonyl (C=O) groups excluding carboxylic acids is 3. The molecule has 0 radical (unpaired) electrons. The highest BCUT2D eigenvalue weighted by molar-refractivity contribution is 5.84. The standard InChI is InChI=1S/C17H25NO8/c1-9(19)11-12-10(5-6-24-16(21)23-4)18(15(20)22-3)14(11)13(12)17(2)25-7-8-26-17/h10-14H,5-8H2,1-4H3/t10-,11+,12-,13-,14+/m1/s1. The minimum Gasteiger partial charge on any atom is -0.453 e. The molecular weight excluding hydrogens is 346 g/mol. The number of Topliss-reactive ketones (excluding diaryl/α,β-unsaturated/α-hetero) is 1. The van der Waals surface area contributed by atoms with Crippen LogP contribution in [0.1, 0.15) is 20.3 Å².